The highest BCUT2D eigenvalue weighted by molar-refractivity contribution is 5.89. The predicted molar refractivity (Wildman–Crippen MR) is 81.6 cm³/mol. The van der Waals surface area contributed by atoms with Crippen molar-refractivity contribution >= 4 is 18.0 Å². The van der Waals surface area contributed by atoms with Gasteiger partial charge in [0.05, 0.1) is 0 Å². The Bertz CT molecular complexity index is 575. The van der Waals surface area contributed by atoms with Gasteiger partial charge in [0.25, 0.3) is 0 Å². The first-order valence-corrected chi connectivity index (χ1v) is 7.49. The highest BCUT2D eigenvalue weighted by Crippen LogP contribution is 2.18. The predicted octanol–water partition coefficient (Wildman–Crippen LogP) is 1.38. The smallest absolute Gasteiger partial charge is 0.408 e. The first kappa shape index (κ1) is 16.8. The van der Waals surface area contributed by atoms with Crippen LogP contribution in [-0.4, -0.2) is 46.6 Å². The van der Waals surface area contributed by atoms with E-state index in [0.29, 0.717) is 19.4 Å². The van der Waals surface area contributed by atoms with Crippen LogP contribution < -0.4 is 5.32 Å². The molecule has 0 aliphatic carbocycles. The third-order valence-electron chi connectivity index (χ3n) is 3.74. The van der Waals surface area contributed by atoms with Gasteiger partial charge in [-0.15, -0.1) is 0 Å². The molecule has 1 fully saturated rings. The summed E-state index contributed by atoms with van der Waals surface area (Å²) in [6.45, 7) is 2.01. The van der Waals surface area contributed by atoms with Gasteiger partial charge in [0.2, 0.25) is 5.91 Å². The number of amides is 2. The maximum Gasteiger partial charge on any atom is 0.408 e. The summed E-state index contributed by atoms with van der Waals surface area (Å²) in [6.07, 6.45) is 0.376. The van der Waals surface area contributed by atoms with Gasteiger partial charge in [-0.05, 0) is 25.3 Å². The number of nitrogens with one attached hydrogen (secondary N) is 1. The lowest BCUT2D eigenvalue weighted by Crippen LogP contribution is -2.50. The summed E-state index contributed by atoms with van der Waals surface area (Å²) >= 11 is 0. The lowest BCUT2D eigenvalue weighted by Gasteiger charge is -2.25. The van der Waals surface area contributed by atoms with Crippen LogP contribution in [0.3, 0.4) is 0 Å². The summed E-state index contributed by atoms with van der Waals surface area (Å²) in [6, 6.07) is 7.53. The molecule has 0 bridgehead atoms. The van der Waals surface area contributed by atoms with Gasteiger partial charge in [0, 0.05) is 6.54 Å². The van der Waals surface area contributed by atoms with Crippen molar-refractivity contribution in [3.8, 4) is 0 Å². The Balaban J connectivity index is 1.83. The van der Waals surface area contributed by atoms with Crippen molar-refractivity contribution in [2.75, 3.05) is 6.54 Å². The minimum absolute atomic E-state index is 0.106. The molecule has 7 nitrogen and oxygen atoms in total. The Hall–Kier alpha value is -2.57. The summed E-state index contributed by atoms with van der Waals surface area (Å²) in [4.78, 5) is 36.4. The van der Waals surface area contributed by atoms with Gasteiger partial charge in [-0.3, -0.25) is 4.79 Å². The highest BCUT2D eigenvalue weighted by Gasteiger charge is 2.36. The molecule has 2 rings (SSSR count). The molecule has 2 atom stereocenters. The molecule has 23 heavy (non-hydrogen) atoms. The number of likely N-dealkylation sites (tertiary alicyclic amines) is 1. The van der Waals surface area contributed by atoms with E-state index in [2.05, 4.69) is 5.32 Å². The van der Waals surface area contributed by atoms with Crippen molar-refractivity contribution in [2.45, 2.75) is 38.5 Å². The van der Waals surface area contributed by atoms with E-state index in [1.807, 2.05) is 30.3 Å². The minimum Gasteiger partial charge on any atom is -0.480 e. The van der Waals surface area contributed by atoms with Crippen molar-refractivity contribution < 1.29 is 24.2 Å². The maximum atomic E-state index is 12.3. The number of carboxylic acid groups (broad SMARTS) is 1. The third-order valence-corrected chi connectivity index (χ3v) is 3.74. The number of hydrogen-bond donors (Lipinski definition) is 2. The van der Waals surface area contributed by atoms with E-state index in [-0.39, 0.29) is 6.61 Å². The van der Waals surface area contributed by atoms with Gasteiger partial charge in [0.1, 0.15) is 18.7 Å². The first-order valence-electron chi connectivity index (χ1n) is 7.49. The van der Waals surface area contributed by atoms with Crippen molar-refractivity contribution in [1.82, 2.24) is 10.2 Å². The molecule has 0 unspecified atom stereocenters. The van der Waals surface area contributed by atoms with Gasteiger partial charge in [-0.1, -0.05) is 30.3 Å². The van der Waals surface area contributed by atoms with Gasteiger partial charge in [0.15, 0.2) is 0 Å². The Kier molecular flexibility index (Phi) is 5.56. The molecular weight excluding hydrogens is 300 g/mol. The van der Waals surface area contributed by atoms with Gasteiger partial charge in [-0.25, -0.2) is 9.59 Å². The van der Waals surface area contributed by atoms with Crippen LogP contribution in [0.2, 0.25) is 0 Å². The monoisotopic (exact) mass is 320 g/mol. The zero-order chi connectivity index (χ0) is 16.8. The lowest BCUT2D eigenvalue weighted by atomic mass is 10.2. The van der Waals surface area contributed by atoms with Crippen molar-refractivity contribution in [1.29, 1.82) is 0 Å². The van der Waals surface area contributed by atoms with E-state index in [9.17, 15) is 14.4 Å². The minimum atomic E-state index is -1.02. The fourth-order valence-corrected chi connectivity index (χ4v) is 2.54. The molecule has 2 amide bonds. The molecular formula is C16H20N2O5. The zero-order valence-electron chi connectivity index (χ0n) is 12.9. The molecule has 1 saturated heterocycles. The fraction of sp³-hybridized carbons (Fsp3) is 0.438. The zero-order valence-corrected chi connectivity index (χ0v) is 12.9. The number of aliphatic carboxylic acids is 1. The number of carboxylic acids is 1. The van der Waals surface area contributed by atoms with Gasteiger partial charge in [-0.2, -0.15) is 0 Å². The van der Waals surface area contributed by atoms with Crippen LogP contribution in [0.25, 0.3) is 0 Å². The summed E-state index contributed by atoms with van der Waals surface area (Å²) in [5.74, 6) is -1.43. The molecule has 1 aromatic rings. The van der Waals surface area contributed by atoms with E-state index < -0.39 is 30.1 Å². The Morgan fingerprint density at radius 1 is 1.35 bits per heavy atom. The first-order chi connectivity index (χ1) is 11.0. The molecule has 1 aliphatic rings. The van der Waals surface area contributed by atoms with Crippen LogP contribution in [0.4, 0.5) is 4.79 Å². The number of carbonyl (C=O) groups is 3. The standard InChI is InChI=1S/C16H20N2O5/c1-11(14(19)18-9-5-8-13(18)15(20)21)17-16(22)23-10-12-6-3-2-4-7-12/h2-4,6-7,11,13H,5,8-10H2,1H3,(H,17,22)(H,20,21)/t11-,13-/m1/s1. The maximum absolute atomic E-state index is 12.3. The van der Waals surface area contributed by atoms with Gasteiger partial charge >= 0.3 is 12.1 Å². The average Bonchev–Trinajstić information content (AvgIpc) is 3.03. The summed E-state index contributed by atoms with van der Waals surface area (Å²) in [5.41, 5.74) is 0.840. The van der Waals surface area contributed by atoms with Gasteiger partial charge < -0.3 is 20.1 Å². The van der Waals surface area contributed by atoms with E-state index in [1.165, 1.54) is 11.8 Å². The molecule has 0 saturated carbocycles. The second-order valence-corrected chi connectivity index (χ2v) is 5.46. The summed E-state index contributed by atoms with van der Waals surface area (Å²) in [7, 11) is 0. The van der Waals surface area contributed by atoms with Crippen LogP contribution >= 0.6 is 0 Å². The topological polar surface area (TPSA) is 95.9 Å². The van der Waals surface area contributed by atoms with Crippen LogP contribution in [0.5, 0.6) is 0 Å². The second kappa shape index (κ2) is 7.62. The highest BCUT2D eigenvalue weighted by atomic mass is 16.5. The average molecular weight is 320 g/mol. The lowest BCUT2D eigenvalue weighted by molar-refractivity contribution is -0.148. The normalized spacial score (nSPS) is 18.3. The number of benzene rings is 1. The molecule has 2 N–H and O–H groups in total. The van der Waals surface area contributed by atoms with E-state index >= 15 is 0 Å². The Labute approximate surface area is 134 Å². The molecule has 0 spiro atoms. The van der Waals surface area contributed by atoms with Crippen LogP contribution in [-0.2, 0) is 20.9 Å². The second-order valence-electron chi connectivity index (χ2n) is 5.46. The number of carbonyl (C=O) groups excluding carboxylic acids is 2. The molecule has 0 radical (unpaired) electrons. The number of ether oxygens (including phenoxy) is 1. The third kappa shape index (κ3) is 4.45. The summed E-state index contributed by atoms with van der Waals surface area (Å²) in [5, 5.41) is 11.5. The number of alkyl carbamates (subject to hydrolysis) is 1. The van der Waals surface area contributed by atoms with E-state index in [1.54, 1.807) is 0 Å². The molecule has 1 aromatic carbocycles. The fourth-order valence-electron chi connectivity index (χ4n) is 2.54. The van der Waals surface area contributed by atoms with Crippen molar-refractivity contribution in [3.63, 3.8) is 0 Å². The molecule has 0 aromatic heterocycles. The molecule has 1 heterocycles. The Morgan fingerprint density at radius 3 is 2.70 bits per heavy atom. The number of rotatable bonds is 5. The largest absolute Gasteiger partial charge is 0.480 e. The van der Waals surface area contributed by atoms with Crippen LogP contribution in [0.15, 0.2) is 30.3 Å². The van der Waals surface area contributed by atoms with Crippen LogP contribution in [0.1, 0.15) is 25.3 Å². The van der Waals surface area contributed by atoms with E-state index in [4.69, 9.17) is 9.84 Å². The van der Waals surface area contributed by atoms with Crippen molar-refractivity contribution in [2.24, 2.45) is 0 Å². The quantitative estimate of drug-likeness (QED) is 0.854. The van der Waals surface area contributed by atoms with E-state index in [0.717, 1.165) is 5.56 Å². The number of hydrogen-bond acceptors (Lipinski definition) is 4. The summed E-state index contributed by atoms with van der Waals surface area (Å²) < 4.78 is 5.05. The molecule has 7 heteroatoms. The van der Waals surface area contributed by atoms with Crippen molar-refractivity contribution in [3.05, 3.63) is 35.9 Å². The number of nitrogens with zero attached hydrogens (tertiary/aromatic N) is 1. The van der Waals surface area contributed by atoms with Crippen LogP contribution in [0, 0.1) is 0 Å². The Morgan fingerprint density at radius 2 is 2.04 bits per heavy atom. The SMILES string of the molecule is C[C@@H](NC(=O)OCc1ccccc1)C(=O)N1CCC[C@@H]1C(=O)O. The molecule has 1 aliphatic heterocycles. The molecule has 124 valence electrons.